The van der Waals surface area contributed by atoms with Crippen molar-refractivity contribution < 1.29 is 4.79 Å². The molecule has 176 valence electrons. The van der Waals surface area contributed by atoms with E-state index in [0.717, 1.165) is 39.0 Å². The second-order valence-electron chi connectivity index (χ2n) is 8.34. The van der Waals surface area contributed by atoms with Gasteiger partial charge in [-0.05, 0) is 45.3 Å². The lowest BCUT2D eigenvalue weighted by molar-refractivity contribution is -0.121. The third kappa shape index (κ3) is 21.0. The molecular formula is C23H49Cl2N3O. The lowest BCUT2D eigenvalue weighted by Crippen LogP contribution is -2.36. The SMILES string of the molecule is CCCCCCCCCCCCCC1CC(=O)NCCCNCCCCN1.Cl.Cl. The van der Waals surface area contributed by atoms with Crippen molar-refractivity contribution in [3.8, 4) is 0 Å². The molecule has 1 amide bonds. The van der Waals surface area contributed by atoms with Gasteiger partial charge in [-0.3, -0.25) is 4.79 Å². The minimum absolute atomic E-state index is 0. The zero-order valence-electron chi connectivity index (χ0n) is 18.9. The molecule has 1 unspecified atom stereocenters. The van der Waals surface area contributed by atoms with Crippen LogP contribution in [0.4, 0.5) is 0 Å². The van der Waals surface area contributed by atoms with Crippen LogP contribution in [-0.4, -0.2) is 38.1 Å². The van der Waals surface area contributed by atoms with Crippen LogP contribution < -0.4 is 16.0 Å². The van der Waals surface area contributed by atoms with Gasteiger partial charge in [0.1, 0.15) is 0 Å². The van der Waals surface area contributed by atoms with Gasteiger partial charge in [0, 0.05) is 19.0 Å². The fourth-order valence-corrected chi connectivity index (χ4v) is 3.87. The second kappa shape index (κ2) is 24.2. The maximum absolute atomic E-state index is 12.1. The van der Waals surface area contributed by atoms with E-state index in [1.807, 2.05) is 0 Å². The molecule has 1 heterocycles. The van der Waals surface area contributed by atoms with Gasteiger partial charge in [0.2, 0.25) is 5.91 Å². The summed E-state index contributed by atoms with van der Waals surface area (Å²) in [5.41, 5.74) is 0. The van der Waals surface area contributed by atoms with Crippen molar-refractivity contribution in [1.82, 2.24) is 16.0 Å². The predicted molar refractivity (Wildman–Crippen MR) is 132 cm³/mol. The number of carbonyl (C=O) groups is 1. The Bertz CT molecular complexity index is 346. The molecule has 1 atom stereocenters. The summed E-state index contributed by atoms with van der Waals surface area (Å²) in [6.07, 6.45) is 20.4. The molecule has 0 aromatic carbocycles. The highest BCUT2D eigenvalue weighted by atomic mass is 35.5. The lowest BCUT2D eigenvalue weighted by Gasteiger charge is -2.18. The summed E-state index contributed by atoms with van der Waals surface area (Å²) in [4.78, 5) is 12.1. The van der Waals surface area contributed by atoms with Crippen molar-refractivity contribution in [2.45, 2.75) is 116 Å². The van der Waals surface area contributed by atoms with Crippen LogP contribution in [0, 0.1) is 0 Å². The average Bonchev–Trinajstić information content (AvgIpc) is 2.68. The maximum atomic E-state index is 12.1. The lowest BCUT2D eigenvalue weighted by atomic mass is 10.0. The fraction of sp³-hybridized carbons (Fsp3) is 0.957. The first-order chi connectivity index (χ1) is 13.3. The number of amides is 1. The van der Waals surface area contributed by atoms with E-state index in [4.69, 9.17) is 0 Å². The summed E-state index contributed by atoms with van der Waals surface area (Å²) in [6.45, 7) is 6.23. The Kier molecular flexibility index (Phi) is 26.0. The second-order valence-corrected chi connectivity index (χ2v) is 8.34. The summed E-state index contributed by atoms with van der Waals surface area (Å²) in [5, 5.41) is 10.2. The van der Waals surface area contributed by atoms with E-state index < -0.39 is 0 Å². The summed E-state index contributed by atoms with van der Waals surface area (Å²) in [6, 6.07) is 0.359. The van der Waals surface area contributed by atoms with Crippen molar-refractivity contribution in [3.63, 3.8) is 0 Å². The number of unbranched alkanes of at least 4 members (excludes halogenated alkanes) is 10. The highest BCUT2D eigenvalue weighted by Gasteiger charge is 2.13. The molecule has 1 rings (SSSR count). The molecule has 3 N–H and O–H groups in total. The molecular weight excluding hydrogens is 405 g/mol. The van der Waals surface area contributed by atoms with E-state index in [1.165, 1.54) is 83.5 Å². The Morgan fingerprint density at radius 1 is 0.724 bits per heavy atom. The molecule has 0 aromatic rings. The van der Waals surface area contributed by atoms with Crippen LogP contribution in [0.2, 0.25) is 0 Å². The van der Waals surface area contributed by atoms with Gasteiger partial charge in [0.25, 0.3) is 0 Å². The molecule has 0 aromatic heterocycles. The normalized spacial score (nSPS) is 18.9. The van der Waals surface area contributed by atoms with E-state index in [-0.39, 0.29) is 30.7 Å². The summed E-state index contributed by atoms with van der Waals surface area (Å²) >= 11 is 0. The molecule has 6 heteroatoms. The van der Waals surface area contributed by atoms with Gasteiger partial charge in [-0.2, -0.15) is 0 Å². The highest BCUT2D eigenvalue weighted by Crippen LogP contribution is 2.13. The zero-order valence-corrected chi connectivity index (χ0v) is 20.6. The molecule has 4 nitrogen and oxygen atoms in total. The minimum atomic E-state index is 0. The van der Waals surface area contributed by atoms with Gasteiger partial charge < -0.3 is 16.0 Å². The number of nitrogens with one attached hydrogen (secondary N) is 3. The zero-order chi connectivity index (χ0) is 19.4. The molecule has 1 fully saturated rings. The number of hydrogen-bond acceptors (Lipinski definition) is 3. The fourth-order valence-electron chi connectivity index (χ4n) is 3.87. The van der Waals surface area contributed by atoms with Gasteiger partial charge in [0.15, 0.2) is 0 Å². The number of hydrogen-bond donors (Lipinski definition) is 3. The molecule has 1 saturated heterocycles. The summed E-state index contributed by atoms with van der Waals surface area (Å²) in [7, 11) is 0. The van der Waals surface area contributed by atoms with Crippen LogP contribution in [-0.2, 0) is 4.79 Å². The molecule has 0 saturated carbocycles. The van der Waals surface area contributed by atoms with Crippen molar-refractivity contribution in [1.29, 1.82) is 0 Å². The number of halogens is 2. The maximum Gasteiger partial charge on any atom is 0.221 e. The molecule has 0 spiro atoms. The number of carbonyl (C=O) groups excluding carboxylic acids is 1. The third-order valence-electron chi connectivity index (χ3n) is 5.65. The van der Waals surface area contributed by atoms with E-state index in [0.29, 0.717) is 12.5 Å². The standard InChI is InChI=1S/C23H47N3O.2ClH/c1-2-3-4-5-6-7-8-9-10-11-12-16-22-21-23(27)26-20-15-18-24-17-13-14-19-25-22;;/h22,24-25H,2-21H2,1H3,(H,26,27);2*1H. The Morgan fingerprint density at radius 3 is 1.93 bits per heavy atom. The summed E-state index contributed by atoms with van der Waals surface area (Å²) in [5.74, 6) is 0.217. The van der Waals surface area contributed by atoms with Crippen LogP contribution in [0.5, 0.6) is 0 Å². The topological polar surface area (TPSA) is 53.2 Å². The van der Waals surface area contributed by atoms with Crippen molar-refractivity contribution in [2.75, 3.05) is 26.2 Å². The summed E-state index contributed by atoms with van der Waals surface area (Å²) < 4.78 is 0. The van der Waals surface area contributed by atoms with Crippen LogP contribution in [0.15, 0.2) is 0 Å². The van der Waals surface area contributed by atoms with E-state index >= 15 is 0 Å². The largest absolute Gasteiger partial charge is 0.356 e. The van der Waals surface area contributed by atoms with Gasteiger partial charge in [-0.15, -0.1) is 24.8 Å². The third-order valence-corrected chi connectivity index (χ3v) is 5.65. The molecule has 0 aliphatic carbocycles. The first-order valence-corrected chi connectivity index (χ1v) is 12.0. The molecule has 0 radical (unpaired) electrons. The first kappa shape index (κ1) is 31.2. The highest BCUT2D eigenvalue weighted by molar-refractivity contribution is 5.85. The quantitative estimate of drug-likeness (QED) is 0.328. The molecule has 29 heavy (non-hydrogen) atoms. The van der Waals surface area contributed by atoms with Crippen molar-refractivity contribution in [2.24, 2.45) is 0 Å². The molecule has 1 aliphatic rings. The monoisotopic (exact) mass is 453 g/mol. The van der Waals surface area contributed by atoms with Gasteiger partial charge in [0.05, 0.1) is 0 Å². The Hall–Kier alpha value is -0.0300. The van der Waals surface area contributed by atoms with E-state index in [2.05, 4.69) is 22.9 Å². The minimum Gasteiger partial charge on any atom is -0.356 e. The van der Waals surface area contributed by atoms with E-state index in [1.54, 1.807) is 0 Å². The van der Waals surface area contributed by atoms with Crippen molar-refractivity contribution >= 4 is 30.7 Å². The van der Waals surface area contributed by atoms with Crippen LogP contribution in [0.1, 0.15) is 110 Å². The van der Waals surface area contributed by atoms with Gasteiger partial charge in [-0.25, -0.2) is 0 Å². The van der Waals surface area contributed by atoms with Gasteiger partial charge >= 0.3 is 0 Å². The number of rotatable bonds is 12. The molecule has 1 aliphatic heterocycles. The van der Waals surface area contributed by atoms with Crippen LogP contribution in [0.25, 0.3) is 0 Å². The Labute approximate surface area is 193 Å². The average molecular weight is 455 g/mol. The van der Waals surface area contributed by atoms with Crippen molar-refractivity contribution in [3.05, 3.63) is 0 Å². The predicted octanol–water partition coefficient (Wildman–Crippen LogP) is 5.77. The van der Waals surface area contributed by atoms with Crippen LogP contribution >= 0.6 is 24.8 Å². The smallest absolute Gasteiger partial charge is 0.221 e. The van der Waals surface area contributed by atoms with E-state index in [9.17, 15) is 4.79 Å². The Morgan fingerprint density at radius 2 is 1.28 bits per heavy atom. The molecule has 0 bridgehead atoms. The van der Waals surface area contributed by atoms with Crippen LogP contribution in [0.3, 0.4) is 0 Å². The Balaban J connectivity index is 0. The first-order valence-electron chi connectivity index (χ1n) is 12.0. The van der Waals surface area contributed by atoms with Gasteiger partial charge in [-0.1, -0.05) is 77.6 Å².